The highest BCUT2D eigenvalue weighted by molar-refractivity contribution is 9.10. The monoisotopic (exact) mass is 406 g/mol. The Kier molecular flexibility index (Phi) is 5.87. The average molecular weight is 407 g/mol. The summed E-state index contributed by atoms with van der Waals surface area (Å²) in [5, 5.41) is 13.5. The van der Waals surface area contributed by atoms with E-state index in [9.17, 15) is 19.7 Å². The molecule has 2 aromatic rings. The number of benzene rings is 2. The number of anilines is 1. The Balaban J connectivity index is 2.03. The Morgan fingerprint density at radius 2 is 1.76 bits per heavy atom. The number of rotatable bonds is 5. The summed E-state index contributed by atoms with van der Waals surface area (Å²) >= 11 is 3.25. The maximum absolute atomic E-state index is 12.0. The van der Waals surface area contributed by atoms with Crippen molar-refractivity contribution in [1.29, 1.82) is 0 Å². The molecule has 0 fully saturated rings. The van der Waals surface area contributed by atoms with Gasteiger partial charge in [-0.1, -0.05) is 15.9 Å². The van der Waals surface area contributed by atoms with Gasteiger partial charge in [0.1, 0.15) is 5.69 Å². The highest BCUT2D eigenvalue weighted by Gasteiger charge is 2.18. The number of nitrogens with zero attached hydrogens (tertiary/aromatic N) is 1. The predicted molar refractivity (Wildman–Crippen MR) is 95.6 cm³/mol. The highest BCUT2D eigenvalue weighted by Crippen LogP contribution is 2.27. The minimum absolute atomic E-state index is 0.0674. The number of esters is 1. The molecule has 7 nitrogen and oxygen atoms in total. The number of ether oxygens (including phenoxy) is 1. The number of carbonyl (C=O) groups is 2. The van der Waals surface area contributed by atoms with Crippen LogP contribution < -0.4 is 5.32 Å². The SMILES string of the molecule is Cc1cc(NC(=O)COC(=O)c2ccc(Br)cc2)c([N+](=O)[O-])cc1C. The van der Waals surface area contributed by atoms with Crippen LogP contribution in [0.3, 0.4) is 0 Å². The third-order valence-electron chi connectivity index (χ3n) is 3.50. The molecule has 0 spiro atoms. The van der Waals surface area contributed by atoms with Crippen LogP contribution in [0.1, 0.15) is 21.5 Å². The van der Waals surface area contributed by atoms with Gasteiger partial charge in [-0.25, -0.2) is 4.79 Å². The van der Waals surface area contributed by atoms with Crippen LogP contribution in [0, 0.1) is 24.0 Å². The van der Waals surface area contributed by atoms with Crippen molar-refractivity contribution in [2.45, 2.75) is 13.8 Å². The van der Waals surface area contributed by atoms with Crippen molar-refractivity contribution in [2.24, 2.45) is 0 Å². The Hall–Kier alpha value is -2.74. The number of hydrogen-bond acceptors (Lipinski definition) is 5. The van der Waals surface area contributed by atoms with E-state index in [0.29, 0.717) is 5.56 Å². The molecule has 1 amide bonds. The number of nitrogens with one attached hydrogen (secondary N) is 1. The lowest BCUT2D eigenvalue weighted by Gasteiger charge is -2.09. The van der Waals surface area contributed by atoms with Crippen LogP contribution in [0.5, 0.6) is 0 Å². The summed E-state index contributed by atoms with van der Waals surface area (Å²) in [6, 6.07) is 9.36. The summed E-state index contributed by atoms with van der Waals surface area (Å²) in [6.45, 7) is 2.98. The number of halogens is 1. The number of nitro groups is 1. The zero-order chi connectivity index (χ0) is 18.6. The van der Waals surface area contributed by atoms with Crippen LogP contribution in [0.25, 0.3) is 0 Å². The summed E-state index contributed by atoms with van der Waals surface area (Å²) in [7, 11) is 0. The first kappa shape index (κ1) is 18.6. The van der Waals surface area contributed by atoms with E-state index in [1.165, 1.54) is 12.1 Å². The lowest BCUT2D eigenvalue weighted by Crippen LogP contribution is -2.21. The predicted octanol–water partition coefficient (Wildman–Crippen LogP) is 3.77. The van der Waals surface area contributed by atoms with Gasteiger partial charge >= 0.3 is 5.97 Å². The molecule has 0 radical (unpaired) electrons. The van der Waals surface area contributed by atoms with Crippen LogP contribution in [0.4, 0.5) is 11.4 Å². The van der Waals surface area contributed by atoms with Gasteiger partial charge in [0.15, 0.2) is 6.61 Å². The van der Waals surface area contributed by atoms with E-state index in [2.05, 4.69) is 21.2 Å². The zero-order valence-electron chi connectivity index (χ0n) is 13.5. The molecule has 2 rings (SSSR count). The molecule has 0 atom stereocenters. The van der Waals surface area contributed by atoms with Gasteiger partial charge in [0, 0.05) is 10.5 Å². The van der Waals surface area contributed by atoms with E-state index in [1.807, 2.05) is 0 Å². The summed E-state index contributed by atoms with van der Waals surface area (Å²) in [5.74, 6) is -1.31. The van der Waals surface area contributed by atoms with Crippen LogP contribution in [-0.4, -0.2) is 23.4 Å². The molecule has 1 N–H and O–H groups in total. The first-order valence-corrected chi connectivity index (χ1v) is 8.05. The summed E-state index contributed by atoms with van der Waals surface area (Å²) < 4.78 is 5.73. The Labute approximate surface area is 152 Å². The fourth-order valence-corrected chi connectivity index (χ4v) is 2.30. The molecule has 0 saturated carbocycles. The van der Waals surface area contributed by atoms with Crippen molar-refractivity contribution in [3.05, 3.63) is 67.7 Å². The van der Waals surface area contributed by atoms with E-state index >= 15 is 0 Å². The van der Waals surface area contributed by atoms with Gasteiger partial charge < -0.3 is 10.1 Å². The van der Waals surface area contributed by atoms with E-state index < -0.39 is 23.4 Å². The van der Waals surface area contributed by atoms with Crippen molar-refractivity contribution in [2.75, 3.05) is 11.9 Å². The van der Waals surface area contributed by atoms with Crippen LogP contribution >= 0.6 is 15.9 Å². The molecule has 0 aromatic heterocycles. The van der Waals surface area contributed by atoms with Crippen molar-refractivity contribution in [3.8, 4) is 0 Å². The third-order valence-corrected chi connectivity index (χ3v) is 4.03. The molecule has 0 aliphatic heterocycles. The summed E-state index contributed by atoms with van der Waals surface area (Å²) in [5.41, 5.74) is 1.70. The molecule has 0 aliphatic rings. The number of aryl methyl sites for hydroxylation is 2. The molecule has 2 aromatic carbocycles. The van der Waals surface area contributed by atoms with Crippen molar-refractivity contribution < 1.29 is 19.2 Å². The minimum Gasteiger partial charge on any atom is -0.452 e. The average Bonchev–Trinajstić information content (AvgIpc) is 2.56. The van der Waals surface area contributed by atoms with Crippen molar-refractivity contribution in [3.63, 3.8) is 0 Å². The first-order chi connectivity index (χ1) is 11.8. The number of hydrogen-bond donors (Lipinski definition) is 1. The maximum atomic E-state index is 12.0. The summed E-state index contributed by atoms with van der Waals surface area (Å²) in [6.07, 6.45) is 0. The highest BCUT2D eigenvalue weighted by atomic mass is 79.9. The van der Waals surface area contributed by atoms with Crippen molar-refractivity contribution >= 4 is 39.2 Å². The molecule has 0 saturated heterocycles. The van der Waals surface area contributed by atoms with Crippen molar-refractivity contribution in [1.82, 2.24) is 0 Å². The first-order valence-electron chi connectivity index (χ1n) is 7.26. The van der Waals surface area contributed by atoms with Gasteiger partial charge in [-0.15, -0.1) is 0 Å². The lowest BCUT2D eigenvalue weighted by molar-refractivity contribution is -0.384. The molecule has 0 heterocycles. The van der Waals surface area contributed by atoms with Crippen LogP contribution in [0.15, 0.2) is 40.9 Å². The molecule has 0 aliphatic carbocycles. The van der Waals surface area contributed by atoms with E-state index in [4.69, 9.17) is 4.74 Å². The lowest BCUT2D eigenvalue weighted by atomic mass is 10.1. The van der Waals surface area contributed by atoms with Gasteiger partial charge in [-0.05, 0) is 55.3 Å². The van der Waals surface area contributed by atoms with Crippen LogP contribution in [0.2, 0.25) is 0 Å². The van der Waals surface area contributed by atoms with Gasteiger partial charge in [-0.3, -0.25) is 14.9 Å². The van der Waals surface area contributed by atoms with Gasteiger partial charge in [0.05, 0.1) is 10.5 Å². The second-order valence-corrected chi connectivity index (χ2v) is 6.26. The topological polar surface area (TPSA) is 98.5 Å². The van der Waals surface area contributed by atoms with E-state index in [-0.39, 0.29) is 11.4 Å². The second kappa shape index (κ2) is 7.89. The van der Waals surface area contributed by atoms with E-state index in [0.717, 1.165) is 15.6 Å². The molecule has 130 valence electrons. The number of amides is 1. The van der Waals surface area contributed by atoms with Gasteiger partial charge in [0.2, 0.25) is 0 Å². The Morgan fingerprint density at radius 1 is 1.16 bits per heavy atom. The normalized spacial score (nSPS) is 10.2. The largest absolute Gasteiger partial charge is 0.452 e. The maximum Gasteiger partial charge on any atom is 0.338 e. The molecule has 0 unspecified atom stereocenters. The molecule has 8 heteroatoms. The Bertz CT molecular complexity index is 834. The summed E-state index contributed by atoms with van der Waals surface area (Å²) in [4.78, 5) is 34.4. The third kappa shape index (κ3) is 4.87. The Morgan fingerprint density at radius 3 is 2.36 bits per heavy atom. The molecule has 0 bridgehead atoms. The standard InChI is InChI=1S/C17H15BrN2O5/c1-10-7-14(15(20(23)24)8-11(10)2)19-16(21)9-25-17(22)12-3-5-13(18)6-4-12/h3-8H,9H2,1-2H3,(H,19,21). The van der Waals surface area contributed by atoms with Gasteiger partial charge in [0.25, 0.3) is 11.6 Å². The molecule has 25 heavy (non-hydrogen) atoms. The van der Waals surface area contributed by atoms with E-state index in [1.54, 1.807) is 38.1 Å². The quantitative estimate of drug-likeness (QED) is 0.462. The fraction of sp³-hybridized carbons (Fsp3) is 0.176. The number of nitro benzene ring substituents is 1. The molecular weight excluding hydrogens is 392 g/mol. The second-order valence-electron chi connectivity index (χ2n) is 5.34. The van der Waals surface area contributed by atoms with Gasteiger partial charge in [-0.2, -0.15) is 0 Å². The fourth-order valence-electron chi connectivity index (χ4n) is 2.04. The minimum atomic E-state index is -0.656. The smallest absolute Gasteiger partial charge is 0.338 e. The van der Waals surface area contributed by atoms with Crippen LogP contribution in [-0.2, 0) is 9.53 Å². The zero-order valence-corrected chi connectivity index (χ0v) is 15.1. The number of carbonyl (C=O) groups excluding carboxylic acids is 2. The molecular formula is C17H15BrN2O5.